The molecule has 1 aromatic heterocycles. The minimum atomic E-state index is 0.752. The molecule has 0 atom stereocenters. The zero-order valence-corrected chi connectivity index (χ0v) is 12.7. The molecule has 19 heavy (non-hydrogen) atoms. The lowest BCUT2D eigenvalue weighted by Gasteiger charge is -2.23. The molecular formula is C17H19BrO. The van der Waals surface area contributed by atoms with Crippen LogP contribution < -0.4 is 0 Å². The van der Waals surface area contributed by atoms with Crippen LogP contribution in [0.25, 0.3) is 17.0 Å². The van der Waals surface area contributed by atoms with Gasteiger partial charge in [-0.3, -0.25) is 0 Å². The number of hydrogen-bond donors (Lipinski definition) is 0. The van der Waals surface area contributed by atoms with Crippen molar-refractivity contribution in [2.45, 2.75) is 32.1 Å². The fourth-order valence-corrected chi connectivity index (χ4v) is 3.67. The summed E-state index contributed by atoms with van der Waals surface area (Å²) in [5.41, 5.74) is 3.72. The molecule has 1 saturated carbocycles. The Kier molecular flexibility index (Phi) is 4.07. The summed E-state index contributed by atoms with van der Waals surface area (Å²) >= 11 is 3.66. The summed E-state index contributed by atoms with van der Waals surface area (Å²) in [6.45, 7) is 0. The topological polar surface area (TPSA) is 13.1 Å². The highest BCUT2D eigenvalue weighted by molar-refractivity contribution is 9.09. The Morgan fingerprint density at radius 1 is 1.21 bits per heavy atom. The first-order valence-corrected chi connectivity index (χ1v) is 8.23. The van der Waals surface area contributed by atoms with Crippen molar-refractivity contribution >= 4 is 33.0 Å². The maximum Gasteiger partial charge on any atom is 0.134 e. The van der Waals surface area contributed by atoms with E-state index in [1.54, 1.807) is 0 Å². The number of fused-ring (bicyclic) bond motifs is 1. The summed E-state index contributed by atoms with van der Waals surface area (Å²) < 4.78 is 5.62. The van der Waals surface area contributed by atoms with Crippen LogP contribution in [0.4, 0.5) is 0 Å². The lowest BCUT2D eigenvalue weighted by atomic mass is 9.84. The average Bonchev–Trinajstić information content (AvgIpc) is 2.89. The molecule has 0 spiro atoms. The largest absolute Gasteiger partial charge is 0.464 e. The van der Waals surface area contributed by atoms with Crippen LogP contribution in [0.2, 0.25) is 0 Å². The second-order valence-electron chi connectivity index (χ2n) is 5.38. The molecule has 1 aliphatic rings. The van der Waals surface area contributed by atoms with E-state index in [0.29, 0.717) is 0 Å². The Labute approximate surface area is 122 Å². The maximum atomic E-state index is 5.62. The second-order valence-corrected chi connectivity index (χ2v) is 5.94. The Morgan fingerprint density at radius 3 is 2.79 bits per heavy atom. The van der Waals surface area contributed by atoms with Crippen LogP contribution in [0.15, 0.2) is 40.5 Å². The van der Waals surface area contributed by atoms with E-state index in [1.807, 2.05) is 18.4 Å². The third kappa shape index (κ3) is 2.79. The molecule has 0 amide bonds. The van der Waals surface area contributed by atoms with Crippen molar-refractivity contribution in [3.63, 3.8) is 0 Å². The standard InChI is InChI=1S/C17H19BrO/c18-11-14(13-6-2-1-3-7-13)10-15-12-19-17-9-5-4-8-16(15)17/h4-5,8-10,12-13H,1-3,6-7,11H2/b14-10-. The van der Waals surface area contributed by atoms with Crippen LogP contribution in [0.3, 0.4) is 0 Å². The van der Waals surface area contributed by atoms with Crippen LogP contribution in [0.1, 0.15) is 37.7 Å². The van der Waals surface area contributed by atoms with E-state index in [2.05, 4.69) is 34.1 Å². The molecule has 1 aromatic carbocycles. The van der Waals surface area contributed by atoms with Crippen LogP contribution in [-0.2, 0) is 0 Å². The molecule has 3 rings (SSSR count). The lowest BCUT2D eigenvalue weighted by Crippen LogP contribution is -2.09. The summed E-state index contributed by atoms with van der Waals surface area (Å²) in [5.74, 6) is 0.752. The van der Waals surface area contributed by atoms with E-state index in [9.17, 15) is 0 Å². The van der Waals surface area contributed by atoms with Gasteiger partial charge in [0.25, 0.3) is 0 Å². The van der Waals surface area contributed by atoms with E-state index in [-0.39, 0.29) is 0 Å². The molecule has 1 nitrogen and oxygen atoms in total. The van der Waals surface area contributed by atoms with Crippen LogP contribution in [0.5, 0.6) is 0 Å². The summed E-state index contributed by atoms with van der Waals surface area (Å²) in [6, 6.07) is 8.26. The van der Waals surface area contributed by atoms with Gasteiger partial charge in [-0.1, -0.05) is 65.0 Å². The van der Waals surface area contributed by atoms with Crippen LogP contribution in [0, 0.1) is 5.92 Å². The predicted octanol–water partition coefficient (Wildman–Crippen LogP) is 5.79. The van der Waals surface area contributed by atoms with Gasteiger partial charge in [-0.05, 0) is 24.8 Å². The Morgan fingerprint density at radius 2 is 2.00 bits per heavy atom. The third-order valence-electron chi connectivity index (χ3n) is 4.14. The summed E-state index contributed by atoms with van der Waals surface area (Å²) in [5, 5.41) is 2.19. The van der Waals surface area contributed by atoms with Crippen molar-refractivity contribution in [3.8, 4) is 0 Å². The zero-order chi connectivity index (χ0) is 13.1. The Hall–Kier alpha value is -1.02. The summed E-state index contributed by atoms with van der Waals surface area (Å²) in [4.78, 5) is 0. The predicted molar refractivity (Wildman–Crippen MR) is 84.6 cm³/mol. The van der Waals surface area contributed by atoms with E-state index < -0.39 is 0 Å². The van der Waals surface area contributed by atoms with Gasteiger partial charge in [-0.15, -0.1) is 0 Å². The maximum absolute atomic E-state index is 5.62. The van der Waals surface area contributed by atoms with E-state index in [0.717, 1.165) is 16.8 Å². The highest BCUT2D eigenvalue weighted by Gasteiger charge is 2.17. The first-order valence-electron chi connectivity index (χ1n) is 7.11. The van der Waals surface area contributed by atoms with Crippen molar-refractivity contribution in [1.82, 2.24) is 0 Å². The fourth-order valence-electron chi connectivity index (χ4n) is 3.05. The number of allylic oxidation sites excluding steroid dienone is 1. The number of alkyl halides is 1. The fraction of sp³-hybridized carbons (Fsp3) is 0.412. The minimum absolute atomic E-state index is 0.752. The van der Waals surface area contributed by atoms with Crippen LogP contribution >= 0.6 is 15.9 Å². The van der Waals surface area contributed by atoms with Crippen molar-refractivity contribution in [2.75, 3.05) is 5.33 Å². The number of hydrogen-bond acceptors (Lipinski definition) is 1. The first-order chi connectivity index (χ1) is 9.38. The normalized spacial score (nSPS) is 18.1. The monoisotopic (exact) mass is 318 g/mol. The molecule has 1 fully saturated rings. The molecule has 0 bridgehead atoms. The Balaban J connectivity index is 1.93. The summed E-state index contributed by atoms with van der Waals surface area (Å²) in [7, 11) is 0. The average molecular weight is 319 g/mol. The van der Waals surface area contributed by atoms with Crippen LogP contribution in [-0.4, -0.2) is 5.33 Å². The molecule has 0 N–H and O–H groups in total. The lowest BCUT2D eigenvalue weighted by molar-refractivity contribution is 0.405. The zero-order valence-electron chi connectivity index (χ0n) is 11.1. The van der Waals surface area contributed by atoms with Gasteiger partial charge < -0.3 is 4.42 Å². The van der Waals surface area contributed by atoms with Gasteiger partial charge in [0.15, 0.2) is 0 Å². The van der Waals surface area contributed by atoms with E-state index >= 15 is 0 Å². The molecular weight excluding hydrogens is 300 g/mol. The molecule has 100 valence electrons. The van der Waals surface area contributed by atoms with E-state index in [1.165, 1.54) is 48.6 Å². The van der Waals surface area contributed by atoms with Gasteiger partial charge in [0.2, 0.25) is 0 Å². The molecule has 2 heteroatoms. The van der Waals surface area contributed by atoms with Crippen molar-refractivity contribution < 1.29 is 4.42 Å². The quantitative estimate of drug-likeness (QED) is 0.652. The number of benzene rings is 1. The molecule has 0 aliphatic heterocycles. The van der Waals surface area contributed by atoms with Crippen molar-refractivity contribution in [1.29, 1.82) is 0 Å². The number of rotatable bonds is 3. The number of furan rings is 1. The van der Waals surface area contributed by atoms with Gasteiger partial charge in [0, 0.05) is 16.3 Å². The van der Waals surface area contributed by atoms with Gasteiger partial charge in [0.1, 0.15) is 5.58 Å². The number of halogens is 1. The Bertz CT molecular complexity index is 576. The highest BCUT2D eigenvalue weighted by atomic mass is 79.9. The molecule has 2 aromatic rings. The van der Waals surface area contributed by atoms with Crippen molar-refractivity contribution in [2.24, 2.45) is 5.92 Å². The molecule has 0 saturated heterocycles. The highest BCUT2D eigenvalue weighted by Crippen LogP contribution is 2.33. The SMILES string of the molecule is BrC/C(=C/c1coc2ccccc12)C1CCCCC1. The molecule has 0 radical (unpaired) electrons. The van der Waals surface area contributed by atoms with Crippen molar-refractivity contribution in [3.05, 3.63) is 41.7 Å². The summed E-state index contributed by atoms with van der Waals surface area (Å²) in [6.07, 6.45) is 11.1. The van der Waals surface area contributed by atoms with E-state index in [4.69, 9.17) is 4.42 Å². The molecule has 1 aliphatic carbocycles. The number of para-hydroxylation sites is 1. The van der Waals surface area contributed by atoms with Gasteiger partial charge in [-0.2, -0.15) is 0 Å². The second kappa shape index (κ2) is 5.96. The van der Waals surface area contributed by atoms with Gasteiger partial charge >= 0.3 is 0 Å². The third-order valence-corrected chi connectivity index (χ3v) is 4.78. The first kappa shape index (κ1) is 13.0. The minimum Gasteiger partial charge on any atom is -0.464 e. The smallest absolute Gasteiger partial charge is 0.134 e. The molecule has 0 unspecified atom stereocenters. The van der Waals surface area contributed by atoms with Gasteiger partial charge in [-0.25, -0.2) is 0 Å². The molecule has 1 heterocycles. The van der Waals surface area contributed by atoms with Gasteiger partial charge in [0.05, 0.1) is 6.26 Å².